The number of benzene rings is 1. The summed E-state index contributed by atoms with van der Waals surface area (Å²) in [7, 11) is 0. The van der Waals surface area contributed by atoms with Gasteiger partial charge in [0.25, 0.3) is 0 Å². The normalized spacial score (nSPS) is 14.8. The molecule has 0 radical (unpaired) electrons. The highest BCUT2D eigenvalue weighted by molar-refractivity contribution is 7.98. The van der Waals surface area contributed by atoms with Gasteiger partial charge in [-0.3, -0.25) is 4.79 Å². The fraction of sp³-hybridized carbons (Fsp3) is 0.333. The molecular weight excluding hydrogens is 306 g/mol. The van der Waals surface area contributed by atoms with Gasteiger partial charge in [-0.2, -0.15) is 16.9 Å². The van der Waals surface area contributed by atoms with Gasteiger partial charge in [-0.1, -0.05) is 12.1 Å². The lowest BCUT2D eigenvalue weighted by atomic mass is 10.2. The van der Waals surface area contributed by atoms with Crippen molar-refractivity contribution in [1.29, 1.82) is 0 Å². The first-order valence-corrected chi connectivity index (χ1v) is 8.36. The Bertz CT molecular complexity index is 696. The van der Waals surface area contributed by atoms with Crippen LogP contribution in [0.5, 0.6) is 0 Å². The van der Waals surface area contributed by atoms with E-state index in [1.54, 1.807) is 18.7 Å². The number of nitrogens with one attached hydrogen (secondary N) is 1. The predicted octanol–water partition coefficient (Wildman–Crippen LogP) is 3.49. The molecule has 1 atom stereocenters. The minimum absolute atomic E-state index is 0.204. The quantitative estimate of drug-likeness (QED) is 0.880. The minimum atomic E-state index is -0.574. The fourth-order valence-corrected chi connectivity index (χ4v) is 3.39. The van der Waals surface area contributed by atoms with Gasteiger partial charge in [0.2, 0.25) is 5.91 Å². The second kappa shape index (κ2) is 5.73. The molecular formula is C15H16ClN3OS. The van der Waals surface area contributed by atoms with Crippen molar-refractivity contribution < 1.29 is 4.79 Å². The fourth-order valence-electron chi connectivity index (χ4n) is 2.30. The highest BCUT2D eigenvalue weighted by Gasteiger charge is 2.25. The van der Waals surface area contributed by atoms with Gasteiger partial charge in [0.1, 0.15) is 11.2 Å². The van der Waals surface area contributed by atoms with Crippen LogP contribution in [0.25, 0.3) is 5.69 Å². The van der Waals surface area contributed by atoms with Gasteiger partial charge in [-0.15, -0.1) is 11.6 Å². The lowest BCUT2D eigenvalue weighted by molar-refractivity contribution is -0.115. The molecule has 0 spiro atoms. The zero-order valence-corrected chi connectivity index (χ0v) is 13.5. The Labute approximate surface area is 132 Å². The van der Waals surface area contributed by atoms with E-state index in [-0.39, 0.29) is 5.91 Å². The molecule has 0 unspecified atom stereocenters. The van der Waals surface area contributed by atoms with Crippen molar-refractivity contribution in [3.63, 3.8) is 0 Å². The van der Waals surface area contributed by atoms with E-state index in [9.17, 15) is 4.79 Å². The third-order valence-electron chi connectivity index (χ3n) is 3.40. The molecule has 0 saturated heterocycles. The maximum absolute atomic E-state index is 12.0. The zero-order valence-electron chi connectivity index (χ0n) is 11.9. The van der Waals surface area contributed by atoms with E-state index in [2.05, 4.69) is 16.5 Å². The Morgan fingerprint density at radius 1 is 1.48 bits per heavy atom. The summed E-state index contributed by atoms with van der Waals surface area (Å²) in [6.45, 7) is 3.70. The molecule has 1 aliphatic rings. The summed E-state index contributed by atoms with van der Waals surface area (Å²) < 4.78 is 1.81. The van der Waals surface area contributed by atoms with Crippen LogP contribution in [0.4, 0.5) is 5.82 Å². The van der Waals surface area contributed by atoms with Gasteiger partial charge in [-0.25, -0.2) is 4.68 Å². The number of carbonyl (C=O) groups excluding carboxylic acids is 1. The average molecular weight is 322 g/mol. The second-order valence-electron chi connectivity index (χ2n) is 5.12. The Balaban J connectivity index is 2.06. The molecule has 2 aromatic rings. The summed E-state index contributed by atoms with van der Waals surface area (Å²) >= 11 is 7.68. The molecule has 1 aliphatic heterocycles. The molecule has 0 aliphatic carbocycles. The van der Waals surface area contributed by atoms with Crippen LogP contribution in [0.2, 0.25) is 0 Å². The highest BCUT2D eigenvalue weighted by atomic mass is 35.5. The molecule has 2 heterocycles. The van der Waals surface area contributed by atoms with Crippen LogP contribution in [0.3, 0.4) is 0 Å². The first-order chi connectivity index (χ1) is 10.1. The van der Waals surface area contributed by atoms with E-state index in [0.29, 0.717) is 0 Å². The maximum Gasteiger partial charge on any atom is 0.243 e. The van der Waals surface area contributed by atoms with E-state index < -0.39 is 5.38 Å². The van der Waals surface area contributed by atoms with Gasteiger partial charge in [0.05, 0.1) is 11.4 Å². The van der Waals surface area contributed by atoms with Crippen LogP contribution in [-0.2, 0) is 16.3 Å². The molecule has 1 N–H and O–H groups in total. The van der Waals surface area contributed by atoms with E-state index in [4.69, 9.17) is 11.6 Å². The van der Waals surface area contributed by atoms with Crippen LogP contribution in [0.15, 0.2) is 24.3 Å². The van der Waals surface area contributed by atoms with Crippen molar-refractivity contribution in [1.82, 2.24) is 9.78 Å². The Morgan fingerprint density at radius 3 is 3.00 bits per heavy atom. The predicted molar refractivity (Wildman–Crippen MR) is 87.2 cm³/mol. The molecule has 1 aromatic carbocycles. The van der Waals surface area contributed by atoms with E-state index in [0.717, 1.165) is 39.8 Å². The number of aryl methyl sites for hydroxylation is 1. The minimum Gasteiger partial charge on any atom is -0.309 e. The monoisotopic (exact) mass is 321 g/mol. The lowest BCUT2D eigenvalue weighted by Gasteiger charge is -2.12. The van der Waals surface area contributed by atoms with Gasteiger partial charge < -0.3 is 5.32 Å². The van der Waals surface area contributed by atoms with E-state index >= 15 is 0 Å². The molecule has 0 saturated carbocycles. The second-order valence-corrected chi connectivity index (χ2v) is 6.76. The number of anilines is 1. The smallest absolute Gasteiger partial charge is 0.243 e. The largest absolute Gasteiger partial charge is 0.309 e. The third kappa shape index (κ3) is 2.80. The average Bonchev–Trinajstić information content (AvgIpc) is 3.01. The molecule has 6 heteroatoms. The number of fused-ring (bicyclic) bond motifs is 1. The van der Waals surface area contributed by atoms with Gasteiger partial charge in [-0.05, 0) is 31.5 Å². The molecule has 3 rings (SSSR count). The maximum atomic E-state index is 12.0. The van der Waals surface area contributed by atoms with Crippen molar-refractivity contribution in [3.05, 3.63) is 41.1 Å². The number of carbonyl (C=O) groups is 1. The van der Waals surface area contributed by atoms with Crippen LogP contribution in [0, 0.1) is 6.92 Å². The molecule has 1 aromatic heterocycles. The number of alkyl halides is 1. The first-order valence-electron chi connectivity index (χ1n) is 6.77. The number of hydrogen-bond donors (Lipinski definition) is 1. The summed E-state index contributed by atoms with van der Waals surface area (Å²) in [6, 6.07) is 8.06. The van der Waals surface area contributed by atoms with Crippen molar-refractivity contribution in [2.24, 2.45) is 0 Å². The zero-order chi connectivity index (χ0) is 15.0. The number of nitrogens with zero attached hydrogens (tertiary/aromatic N) is 2. The molecule has 21 heavy (non-hydrogen) atoms. The van der Waals surface area contributed by atoms with Crippen LogP contribution in [-0.4, -0.2) is 21.1 Å². The van der Waals surface area contributed by atoms with Gasteiger partial charge >= 0.3 is 0 Å². The van der Waals surface area contributed by atoms with Crippen LogP contribution < -0.4 is 5.32 Å². The molecule has 0 bridgehead atoms. The summed E-state index contributed by atoms with van der Waals surface area (Å²) in [5.41, 5.74) is 4.25. The molecule has 0 fully saturated rings. The van der Waals surface area contributed by atoms with Gasteiger partial charge in [0.15, 0.2) is 0 Å². The topological polar surface area (TPSA) is 46.9 Å². The van der Waals surface area contributed by atoms with Gasteiger partial charge in [0, 0.05) is 17.1 Å². The Hall–Kier alpha value is -1.46. The number of aromatic nitrogens is 2. The van der Waals surface area contributed by atoms with E-state index in [1.165, 1.54) is 0 Å². The highest BCUT2D eigenvalue weighted by Crippen LogP contribution is 2.36. The Kier molecular flexibility index (Phi) is 3.95. The summed E-state index contributed by atoms with van der Waals surface area (Å²) in [5, 5.41) is 7.00. The molecule has 110 valence electrons. The van der Waals surface area contributed by atoms with Crippen molar-refractivity contribution in [2.75, 3.05) is 5.32 Å². The first kappa shape index (κ1) is 14.5. The molecule has 1 amide bonds. The standard InChI is InChI=1S/C15H16ClN3OS/c1-9-4-3-5-11(6-9)19-14(17-15(20)10(2)16)12-7-21-8-13(12)18-19/h3-6,10H,7-8H2,1-2H3,(H,17,20)/t10-/m0/s1. The number of rotatable bonds is 3. The summed E-state index contributed by atoms with van der Waals surface area (Å²) in [5.74, 6) is 2.30. The molecule has 4 nitrogen and oxygen atoms in total. The van der Waals surface area contributed by atoms with Crippen LogP contribution in [0.1, 0.15) is 23.7 Å². The number of hydrogen-bond acceptors (Lipinski definition) is 3. The summed E-state index contributed by atoms with van der Waals surface area (Å²) in [4.78, 5) is 12.0. The van der Waals surface area contributed by atoms with Crippen molar-refractivity contribution >= 4 is 35.1 Å². The number of thioether (sulfide) groups is 1. The lowest BCUT2D eigenvalue weighted by Crippen LogP contribution is -2.22. The van der Waals surface area contributed by atoms with Crippen molar-refractivity contribution in [3.8, 4) is 5.69 Å². The van der Waals surface area contributed by atoms with E-state index in [1.807, 2.05) is 29.8 Å². The SMILES string of the molecule is Cc1cccc(-n2nc3c(c2NC(=O)[C@H](C)Cl)CSC3)c1. The Morgan fingerprint density at radius 2 is 2.29 bits per heavy atom. The van der Waals surface area contributed by atoms with Crippen molar-refractivity contribution in [2.45, 2.75) is 30.7 Å². The van der Waals surface area contributed by atoms with Crippen LogP contribution >= 0.6 is 23.4 Å². The number of amides is 1. The summed E-state index contributed by atoms with van der Waals surface area (Å²) in [6.07, 6.45) is 0. The number of halogens is 1. The third-order valence-corrected chi connectivity index (χ3v) is 4.57.